The molecule has 1 aliphatic rings. The quantitative estimate of drug-likeness (QED) is 0.770. The molecule has 0 aromatic rings. The minimum atomic E-state index is -0.878. The lowest BCUT2D eigenvalue weighted by Crippen LogP contribution is -2.43. The summed E-state index contributed by atoms with van der Waals surface area (Å²) in [6.45, 7) is 6.42. The molecule has 1 heterocycles. The Kier molecular flexibility index (Phi) is 3.72. The van der Waals surface area contributed by atoms with Crippen LogP contribution in [0.25, 0.3) is 0 Å². The number of likely N-dealkylation sites (tertiary alicyclic amines) is 1. The molecule has 0 aliphatic carbocycles. The maximum absolute atomic E-state index is 12.0. The fourth-order valence-electron chi connectivity index (χ4n) is 1.83. The lowest BCUT2D eigenvalue weighted by atomic mass is 9.96. The predicted octanol–water partition coefficient (Wildman–Crippen LogP) is 1.35. The highest BCUT2D eigenvalue weighted by Crippen LogP contribution is 2.22. The van der Waals surface area contributed by atoms with Gasteiger partial charge in [0.2, 0.25) is 5.91 Å². The number of carboxylic acids is 1. The Morgan fingerprint density at radius 3 is 2.40 bits per heavy atom. The zero-order valence-corrected chi connectivity index (χ0v) is 9.56. The zero-order chi connectivity index (χ0) is 11.6. The Labute approximate surface area is 90.3 Å². The molecule has 4 heteroatoms. The summed E-state index contributed by atoms with van der Waals surface area (Å²) >= 11 is 0. The predicted molar refractivity (Wildman–Crippen MR) is 56.4 cm³/mol. The summed E-state index contributed by atoms with van der Waals surface area (Å²) in [7, 11) is 0. The molecule has 0 saturated carbocycles. The Morgan fingerprint density at radius 2 is 1.93 bits per heavy atom. The fraction of sp³-hybridized carbons (Fsp3) is 0.818. The van der Waals surface area contributed by atoms with Crippen LogP contribution >= 0.6 is 0 Å². The molecule has 1 rings (SSSR count). The van der Waals surface area contributed by atoms with Crippen LogP contribution in [0, 0.1) is 11.8 Å². The number of nitrogens with zero attached hydrogens (tertiary/aromatic N) is 1. The van der Waals surface area contributed by atoms with Crippen LogP contribution in [0.5, 0.6) is 0 Å². The first-order chi connectivity index (χ1) is 6.95. The Bertz CT molecular complexity index is 263. The highest BCUT2D eigenvalue weighted by molar-refractivity contribution is 5.85. The van der Waals surface area contributed by atoms with Gasteiger partial charge in [-0.25, -0.2) is 4.79 Å². The Hall–Kier alpha value is -1.06. The van der Waals surface area contributed by atoms with Crippen molar-refractivity contribution in [1.29, 1.82) is 0 Å². The van der Waals surface area contributed by atoms with Gasteiger partial charge >= 0.3 is 5.97 Å². The van der Waals surface area contributed by atoms with Crippen LogP contribution in [0.15, 0.2) is 0 Å². The van der Waals surface area contributed by atoms with Gasteiger partial charge in [-0.15, -0.1) is 0 Å². The van der Waals surface area contributed by atoms with E-state index in [1.807, 2.05) is 20.8 Å². The largest absolute Gasteiger partial charge is 0.480 e. The molecular weight excluding hydrogens is 194 g/mol. The molecule has 86 valence electrons. The van der Waals surface area contributed by atoms with Crippen molar-refractivity contribution in [2.75, 3.05) is 6.54 Å². The van der Waals surface area contributed by atoms with E-state index in [4.69, 9.17) is 5.11 Å². The number of rotatable bonds is 3. The van der Waals surface area contributed by atoms with E-state index in [1.54, 1.807) is 0 Å². The molecule has 2 atom stereocenters. The number of carboxylic acid groups (broad SMARTS) is 1. The van der Waals surface area contributed by atoms with Crippen LogP contribution in [-0.2, 0) is 9.59 Å². The molecule has 0 spiro atoms. The third-order valence-corrected chi connectivity index (χ3v) is 3.21. The second-order valence-electron chi connectivity index (χ2n) is 4.56. The highest BCUT2D eigenvalue weighted by Gasteiger charge is 2.36. The molecule has 1 unspecified atom stereocenters. The van der Waals surface area contributed by atoms with Crippen LogP contribution in [0.3, 0.4) is 0 Å². The molecule has 1 amide bonds. The topological polar surface area (TPSA) is 57.6 Å². The first kappa shape index (κ1) is 12.0. The van der Waals surface area contributed by atoms with Gasteiger partial charge in [0.1, 0.15) is 6.04 Å². The average Bonchev–Trinajstić information content (AvgIpc) is 2.63. The number of hydrogen-bond donors (Lipinski definition) is 1. The third-order valence-electron chi connectivity index (χ3n) is 3.21. The molecule has 15 heavy (non-hydrogen) atoms. The van der Waals surface area contributed by atoms with E-state index in [2.05, 4.69) is 0 Å². The molecule has 0 aromatic heterocycles. The molecule has 4 nitrogen and oxygen atoms in total. The van der Waals surface area contributed by atoms with Crippen molar-refractivity contribution in [1.82, 2.24) is 4.90 Å². The van der Waals surface area contributed by atoms with E-state index in [1.165, 1.54) is 4.90 Å². The number of carbonyl (C=O) groups is 2. The minimum absolute atomic E-state index is 0.0186. The van der Waals surface area contributed by atoms with Gasteiger partial charge in [-0.05, 0) is 18.8 Å². The summed E-state index contributed by atoms with van der Waals surface area (Å²) in [6, 6.07) is -0.598. The molecule has 1 aliphatic heterocycles. The van der Waals surface area contributed by atoms with E-state index in [9.17, 15) is 9.59 Å². The van der Waals surface area contributed by atoms with Crippen molar-refractivity contribution in [3.63, 3.8) is 0 Å². The monoisotopic (exact) mass is 213 g/mol. The smallest absolute Gasteiger partial charge is 0.326 e. The minimum Gasteiger partial charge on any atom is -0.480 e. The summed E-state index contributed by atoms with van der Waals surface area (Å²) in [6.07, 6.45) is 1.39. The SMILES string of the molecule is CC(C)C(C)C(=O)N1CCC[C@@H]1C(=O)O. The Morgan fingerprint density at radius 1 is 1.33 bits per heavy atom. The molecule has 1 N–H and O–H groups in total. The fourth-order valence-corrected chi connectivity index (χ4v) is 1.83. The Balaban J connectivity index is 2.70. The van der Waals surface area contributed by atoms with Gasteiger partial charge in [-0.2, -0.15) is 0 Å². The normalized spacial score (nSPS) is 23.2. The lowest BCUT2D eigenvalue weighted by molar-refractivity contribution is -0.150. The van der Waals surface area contributed by atoms with E-state index < -0.39 is 12.0 Å². The van der Waals surface area contributed by atoms with E-state index in [0.717, 1.165) is 6.42 Å². The summed E-state index contributed by atoms with van der Waals surface area (Å²) in [4.78, 5) is 24.4. The van der Waals surface area contributed by atoms with Crippen molar-refractivity contribution in [3.05, 3.63) is 0 Å². The molecule has 0 aromatic carbocycles. The number of aliphatic carboxylic acids is 1. The summed E-state index contributed by atoms with van der Waals surface area (Å²) in [5.41, 5.74) is 0. The van der Waals surface area contributed by atoms with Gasteiger partial charge in [0.05, 0.1) is 0 Å². The zero-order valence-electron chi connectivity index (χ0n) is 9.56. The maximum atomic E-state index is 12.0. The highest BCUT2D eigenvalue weighted by atomic mass is 16.4. The standard InChI is InChI=1S/C11H19NO3/c1-7(2)8(3)10(13)12-6-4-5-9(12)11(14)15/h7-9H,4-6H2,1-3H3,(H,14,15)/t8?,9-/m1/s1. The molecule has 1 fully saturated rings. The van der Waals surface area contributed by atoms with Gasteiger partial charge in [0, 0.05) is 12.5 Å². The lowest BCUT2D eigenvalue weighted by Gasteiger charge is -2.26. The van der Waals surface area contributed by atoms with Crippen LogP contribution in [0.2, 0.25) is 0 Å². The van der Waals surface area contributed by atoms with Crippen LogP contribution < -0.4 is 0 Å². The first-order valence-electron chi connectivity index (χ1n) is 5.48. The average molecular weight is 213 g/mol. The van der Waals surface area contributed by atoms with Crippen LogP contribution in [0.4, 0.5) is 0 Å². The second-order valence-corrected chi connectivity index (χ2v) is 4.56. The first-order valence-corrected chi connectivity index (χ1v) is 5.48. The maximum Gasteiger partial charge on any atom is 0.326 e. The van der Waals surface area contributed by atoms with E-state index in [0.29, 0.717) is 13.0 Å². The van der Waals surface area contributed by atoms with Crippen molar-refractivity contribution in [2.45, 2.75) is 39.7 Å². The van der Waals surface area contributed by atoms with Crippen molar-refractivity contribution >= 4 is 11.9 Å². The van der Waals surface area contributed by atoms with Crippen molar-refractivity contribution in [2.24, 2.45) is 11.8 Å². The van der Waals surface area contributed by atoms with Crippen LogP contribution in [-0.4, -0.2) is 34.5 Å². The van der Waals surface area contributed by atoms with Crippen molar-refractivity contribution in [3.8, 4) is 0 Å². The molecule has 0 radical (unpaired) electrons. The van der Waals surface area contributed by atoms with E-state index in [-0.39, 0.29) is 17.7 Å². The van der Waals surface area contributed by atoms with E-state index >= 15 is 0 Å². The van der Waals surface area contributed by atoms with Gasteiger partial charge < -0.3 is 10.0 Å². The molecular formula is C11H19NO3. The summed E-state index contributed by atoms with van der Waals surface area (Å²) in [5, 5.41) is 8.96. The second kappa shape index (κ2) is 4.64. The molecule has 1 saturated heterocycles. The van der Waals surface area contributed by atoms with Gasteiger partial charge in [-0.1, -0.05) is 20.8 Å². The number of amides is 1. The van der Waals surface area contributed by atoms with Gasteiger partial charge in [0.15, 0.2) is 0 Å². The molecule has 0 bridgehead atoms. The summed E-state index contributed by atoms with van der Waals surface area (Å²) in [5.74, 6) is -0.732. The third kappa shape index (κ3) is 2.49. The summed E-state index contributed by atoms with van der Waals surface area (Å²) < 4.78 is 0. The van der Waals surface area contributed by atoms with Crippen molar-refractivity contribution < 1.29 is 14.7 Å². The van der Waals surface area contributed by atoms with Gasteiger partial charge in [-0.3, -0.25) is 4.79 Å². The number of hydrogen-bond acceptors (Lipinski definition) is 2. The van der Waals surface area contributed by atoms with Crippen LogP contribution in [0.1, 0.15) is 33.6 Å². The van der Waals surface area contributed by atoms with Gasteiger partial charge in [0.25, 0.3) is 0 Å². The number of carbonyl (C=O) groups excluding carboxylic acids is 1.